The summed E-state index contributed by atoms with van der Waals surface area (Å²) in [6.07, 6.45) is 1.77. The summed E-state index contributed by atoms with van der Waals surface area (Å²) in [5.41, 5.74) is 2.14. The first kappa shape index (κ1) is 18.6. The van der Waals surface area contributed by atoms with E-state index in [-0.39, 0.29) is 11.8 Å². The molecule has 0 saturated carbocycles. The molecule has 0 unspecified atom stereocenters. The van der Waals surface area contributed by atoms with Gasteiger partial charge in [-0.1, -0.05) is 60.3 Å². The molecule has 1 saturated heterocycles. The zero-order valence-electron chi connectivity index (χ0n) is 15.8. The first-order valence-corrected chi connectivity index (χ1v) is 10.5. The molecule has 1 aliphatic rings. The van der Waals surface area contributed by atoms with Crippen LogP contribution in [-0.2, 0) is 4.79 Å². The summed E-state index contributed by atoms with van der Waals surface area (Å²) in [5, 5.41) is 3.18. The van der Waals surface area contributed by atoms with Gasteiger partial charge in [0.15, 0.2) is 0 Å². The third-order valence-electron chi connectivity index (χ3n) is 5.10. The minimum atomic E-state index is 0.0646. The third kappa shape index (κ3) is 4.57. The van der Waals surface area contributed by atoms with Crippen LogP contribution in [0.25, 0.3) is 0 Å². The van der Waals surface area contributed by atoms with Crippen molar-refractivity contribution in [3.05, 3.63) is 84.9 Å². The number of hydrogen-bond acceptors (Lipinski definition) is 3. The average Bonchev–Trinajstić information content (AvgIpc) is 2.76. The predicted octanol–water partition coefficient (Wildman–Crippen LogP) is 5.69. The van der Waals surface area contributed by atoms with E-state index >= 15 is 0 Å². The van der Waals surface area contributed by atoms with E-state index in [1.807, 2.05) is 42.5 Å². The lowest BCUT2D eigenvalue weighted by atomic mass is 9.95. The fourth-order valence-corrected chi connectivity index (χ4v) is 4.47. The number of amides is 1. The second-order valence-corrected chi connectivity index (χ2v) is 8.11. The van der Waals surface area contributed by atoms with Gasteiger partial charge in [0.2, 0.25) is 5.91 Å². The summed E-state index contributed by atoms with van der Waals surface area (Å²) in [6.45, 7) is 1.84. The molecular weight excluding hydrogens is 364 g/mol. The first-order chi connectivity index (χ1) is 13.8. The molecule has 3 aromatic carbocycles. The Kier molecular flexibility index (Phi) is 5.98. The van der Waals surface area contributed by atoms with Gasteiger partial charge in [-0.25, -0.2) is 0 Å². The first-order valence-electron chi connectivity index (χ1n) is 9.72. The molecule has 3 nitrogen and oxygen atoms in total. The molecule has 0 spiro atoms. The van der Waals surface area contributed by atoms with Gasteiger partial charge < -0.3 is 10.2 Å². The van der Waals surface area contributed by atoms with Gasteiger partial charge in [0.1, 0.15) is 0 Å². The van der Waals surface area contributed by atoms with E-state index < -0.39 is 0 Å². The molecule has 4 heteroatoms. The molecular formula is C24H24N2OS. The van der Waals surface area contributed by atoms with Gasteiger partial charge in [-0.15, -0.1) is 0 Å². The Morgan fingerprint density at radius 2 is 1.43 bits per heavy atom. The Labute approximate surface area is 170 Å². The summed E-state index contributed by atoms with van der Waals surface area (Å²) in [5.74, 6) is 0.198. The van der Waals surface area contributed by atoms with Crippen LogP contribution < -0.4 is 10.2 Å². The highest BCUT2D eigenvalue weighted by molar-refractivity contribution is 7.99. The number of para-hydroxylation sites is 2. The van der Waals surface area contributed by atoms with Crippen LogP contribution in [0, 0.1) is 5.92 Å². The molecule has 1 fully saturated rings. The quantitative estimate of drug-likeness (QED) is 0.609. The molecule has 0 radical (unpaired) electrons. The monoisotopic (exact) mass is 388 g/mol. The minimum absolute atomic E-state index is 0.0646. The van der Waals surface area contributed by atoms with Crippen LogP contribution in [0.3, 0.4) is 0 Å². The number of piperidine rings is 1. The van der Waals surface area contributed by atoms with Crippen molar-refractivity contribution in [1.29, 1.82) is 0 Å². The number of hydrogen-bond donors (Lipinski definition) is 1. The van der Waals surface area contributed by atoms with E-state index in [1.165, 1.54) is 10.6 Å². The second kappa shape index (κ2) is 8.98. The molecule has 1 N–H and O–H groups in total. The summed E-state index contributed by atoms with van der Waals surface area (Å²) < 4.78 is 0. The molecule has 3 aromatic rings. The largest absolute Gasteiger partial charge is 0.371 e. The zero-order chi connectivity index (χ0) is 19.2. The van der Waals surface area contributed by atoms with E-state index in [9.17, 15) is 4.79 Å². The Morgan fingerprint density at radius 1 is 0.821 bits per heavy atom. The van der Waals surface area contributed by atoms with Crippen LogP contribution in [-0.4, -0.2) is 19.0 Å². The highest BCUT2D eigenvalue weighted by atomic mass is 32.2. The van der Waals surface area contributed by atoms with Crippen molar-refractivity contribution in [3.63, 3.8) is 0 Å². The van der Waals surface area contributed by atoms with Gasteiger partial charge in [0, 0.05) is 34.5 Å². The van der Waals surface area contributed by atoms with Crippen molar-refractivity contribution in [2.24, 2.45) is 5.92 Å². The summed E-state index contributed by atoms with van der Waals surface area (Å²) in [4.78, 5) is 17.5. The lowest BCUT2D eigenvalue weighted by Crippen LogP contribution is -2.38. The maximum Gasteiger partial charge on any atom is 0.227 e. The number of rotatable bonds is 5. The van der Waals surface area contributed by atoms with Crippen LogP contribution in [0.2, 0.25) is 0 Å². The topological polar surface area (TPSA) is 32.3 Å². The van der Waals surface area contributed by atoms with Crippen LogP contribution >= 0.6 is 11.8 Å². The van der Waals surface area contributed by atoms with Crippen LogP contribution in [0.4, 0.5) is 11.4 Å². The van der Waals surface area contributed by atoms with Crippen molar-refractivity contribution in [1.82, 2.24) is 0 Å². The maximum absolute atomic E-state index is 12.9. The second-order valence-electron chi connectivity index (χ2n) is 7.00. The molecule has 1 aliphatic heterocycles. The maximum atomic E-state index is 12.9. The van der Waals surface area contributed by atoms with Crippen molar-refractivity contribution in [3.8, 4) is 0 Å². The highest BCUT2D eigenvalue weighted by Gasteiger charge is 2.25. The Morgan fingerprint density at radius 3 is 2.14 bits per heavy atom. The lowest BCUT2D eigenvalue weighted by molar-refractivity contribution is -0.120. The molecule has 4 rings (SSSR count). The van der Waals surface area contributed by atoms with E-state index in [0.717, 1.165) is 36.5 Å². The summed E-state index contributed by atoms with van der Waals surface area (Å²) >= 11 is 1.68. The van der Waals surface area contributed by atoms with Gasteiger partial charge in [-0.3, -0.25) is 4.79 Å². The normalized spacial score (nSPS) is 14.6. The number of nitrogens with one attached hydrogen (secondary N) is 1. The fourth-order valence-electron chi connectivity index (χ4n) is 3.55. The molecule has 142 valence electrons. The van der Waals surface area contributed by atoms with E-state index in [2.05, 4.69) is 52.7 Å². The van der Waals surface area contributed by atoms with Crippen LogP contribution in [0.1, 0.15) is 12.8 Å². The predicted molar refractivity (Wildman–Crippen MR) is 117 cm³/mol. The van der Waals surface area contributed by atoms with Gasteiger partial charge >= 0.3 is 0 Å². The molecule has 0 atom stereocenters. The van der Waals surface area contributed by atoms with Gasteiger partial charge in [0.25, 0.3) is 0 Å². The summed E-state index contributed by atoms with van der Waals surface area (Å²) in [7, 11) is 0. The highest BCUT2D eigenvalue weighted by Crippen LogP contribution is 2.34. The molecule has 0 aromatic heterocycles. The molecule has 28 heavy (non-hydrogen) atoms. The molecule has 0 aliphatic carbocycles. The number of anilines is 2. The molecule has 0 bridgehead atoms. The van der Waals surface area contributed by atoms with Crippen molar-refractivity contribution >= 4 is 29.0 Å². The number of benzene rings is 3. The Bertz CT molecular complexity index is 906. The number of carbonyl (C=O) groups is 1. The van der Waals surface area contributed by atoms with Gasteiger partial charge in [-0.2, -0.15) is 0 Å². The number of carbonyl (C=O) groups excluding carboxylic acids is 1. The van der Waals surface area contributed by atoms with Crippen molar-refractivity contribution < 1.29 is 4.79 Å². The Balaban J connectivity index is 1.38. The van der Waals surface area contributed by atoms with Gasteiger partial charge in [-0.05, 0) is 49.2 Å². The standard InChI is InChI=1S/C24H24N2OS/c27-24(19-15-17-26(18-16-19)20-9-3-1-4-10-20)25-22-13-7-8-14-23(22)28-21-11-5-2-6-12-21/h1-14,19H,15-18H2,(H,25,27). The smallest absolute Gasteiger partial charge is 0.227 e. The van der Waals surface area contributed by atoms with Crippen molar-refractivity contribution in [2.45, 2.75) is 22.6 Å². The molecule has 1 heterocycles. The molecule has 1 amide bonds. The minimum Gasteiger partial charge on any atom is -0.371 e. The Hall–Kier alpha value is -2.72. The van der Waals surface area contributed by atoms with E-state index in [4.69, 9.17) is 0 Å². The SMILES string of the molecule is O=C(Nc1ccccc1Sc1ccccc1)C1CCN(c2ccccc2)CC1. The van der Waals surface area contributed by atoms with Crippen LogP contribution in [0.15, 0.2) is 94.7 Å². The fraction of sp³-hybridized carbons (Fsp3) is 0.208. The lowest BCUT2D eigenvalue weighted by Gasteiger charge is -2.33. The van der Waals surface area contributed by atoms with Crippen molar-refractivity contribution in [2.75, 3.05) is 23.3 Å². The van der Waals surface area contributed by atoms with E-state index in [1.54, 1.807) is 11.8 Å². The third-order valence-corrected chi connectivity index (χ3v) is 6.19. The summed E-state index contributed by atoms with van der Waals surface area (Å²) in [6, 6.07) is 28.7. The van der Waals surface area contributed by atoms with Crippen LogP contribution in [0.5, 0.6) is 0 Å². The number of nitrogens with zero attached hydrogens (tertiary/aromatic N) is 1. The van der Waals surface area contributed by atoms with E-state index in [0.29, 0.717) is 0 Å². The zero-order valence-corrected chi connectivity index (χ0v) is 16.6. The van der Waals surface area contributed by atoms with Gasteiger partial charge in [0.05, 0.1) is 5.69 Å². The average molecular weight is 389 g/mol.